The Kier molecular flexibility index (Phi) is 38.5. The molecule has 0 bridgehead atoms. The second kappa shape index (κ2) is 34.9. The van der Waals surface area contributed by atoms with Gasteiger partial charge in [0.05, 0.1) is 6.10 Å². The van der Waals surface area contributed by atoms with Crippen LogP contribution in [-0.4, -0.2) is 42.1 Å². The van der Waals surface area contributed by atoms with E-state index >= 15 is 0 Å². The van der Waals surface area contributed by atoms with Crippen molar-refractivity contribution in [3.05, 3.63) is 0 Å². The van der Waals surface area contributed by atoms with Crippen LogP contribution in [0.25, 0.3) is 0 Å². The molecule has 0 rings (SSSR count). The van der Waals surface area contributed by atoms with E-state index in [2.05, 4.69) is 70.5 Å². The second-order valence-electron chi connectivity index (χ2n) is 12.8. The summed E-state index contributed by atoms with van der Waals surface area (Å²) in [4.78, 5) is 16.4. The Morgan fingerprint density at radius 1 is 0.512 bits per heavy atom. The van der Waals surface area contributed by atoms with Crippen LogP contribution < -0.4 is 10.6 Å². The zero-order valence-electron chi connectivity index (χ0n) is 30.9. The van der Waals surface area contributed by atoms with E-state index in [9.17, 15) is 4.57 Å². The fourth-order valence-electron chi connectivity index (χ4n) is 5.07. The van der Waals surface area contributed by atoms with Gasteiger partial charge in [0, 0.05) is 0 Å². The van der Waals surface area contributed by atoms with E-state index < -0.39 is 7.82 Å². The summed E-state index contributed by atoms with van der Waals surface area (Å²) in [6.45, 7) is 26.8. The molecule has 264 valence electrons. The van der Waals surface area contributed by atoms with Gasteiger partial charge < -0.3 is 20.4 Å². The molecule has 0 amide bonds. The Morgan fingerprint density at radius 2 is 0.767 bits per heavy atom. The molecule has 5 atom stereocenters. The fraction of sp³-hybridized carbons (Fsp3) is 1.00. The Labute approximate surface area is 271 Å². The third-order valence-electron chi connectivity index (χ3n) is 8.80. The van der Waals surface area contributed by atoms with Gasteiger partial charge in [-0.05, 0) is 88.9 Å². The van der Waals surface area contributed by atoms with Crippen LogP contribution in [-0.2, 0) is 9.09 Å². The van der Waals surface area contributed by atoms with Crippen LogP contribution >= 0.6 is 7.82 Å². The van der Waals surface area contributed by atoms with Gasteiger partial charge in [-0.1, -0.05) is 139 Å². The molecule has 0 heterocycles. The molecular weight excluding hydrogens is 555 g/mol. The Morgan fingerprint density at radius 3 is 0.907 bits per heavy atom. The van der Waals surface area contributed by atoms with Crippen LogP contribution in [0.3, 0.4) is 0 Å². The Bertz CT molecular complexity index is 509. The second-order valence-corrected chi connectivity index (χ2v) is 14.0. The summed E-state index contributed by atoms with van der Waals surface area (Å²) < 4.78 is 14.3. The molecule has 0 aliphatic heterocycles. The highest BCUT2D eigenvalue weighted by Gasteiger charge is 2.17. The summed E-state index contributed by atoms with van der Waals surface area (Å²) in [5.74, 6) is 3.61. The fourth-order valence-corrected chi connectivity index (χ4v) is 5.68. The minimum atomic E-state index is -4.24. The smallest absolute Gasteiger partial charge is 0.316 e. The third-order valence-corrected chi connectivity index (χ3v) is 9.43. The number of unbranched alkanes of at least 4 members (excludes halogenated alkanes) is 4. The van der Waals surface area contributed by atoms with Gasteiger partial charge in [0.25, 0.3) is 0 Å². The topological polar surface area (TPSA) is 90.8 Å². The van der Waals surface area contributed by atoms with E-state index in [0.717, 1.165) is 23.7 Å². The van der Waals surface area contributed by atoms with Crippen LogP contribution in [0.5, 0.6) is 0 Å². The van der Waals surface area contributed by atoms with Crippen LogP contribution in [0.1, 0.15) is 178 Å². The van der Waals surface area contributed by atoms with Crippen molar-refractivity contribution in [2.75, 3.05) is 26.2 Å². The average Bonchev–Trinajstić information content (AvgIpc) is 2.99. The van der Waals surface area contributed by atoms with Crippen LogP contribution in [0.4, 0.5) is 0 Å². The van der Waals surface area contributed by atoms with Crippen molar-refractivity contribution in [3.63, 3.8) is 0 Å². The number of phosphoric ester groups is 1. The van der Waals surface area contributed by atoms with Crippen molar-refractivity contribution in [1.29, 1.82) is 0 Å². The molecule has 0 aliphatic carbocycles. The average molecular weight is 637 g/mol. The molecule has 0 spiro atoms. The van der Waals surface area contributed by atoms with Crippen LogP contribution in [0.2, 0.25) is 0 Å². The molecule has 0 saturated carbocycles. The number of phosphoric acid groups is 1. The van der Waals surface area contributed by atoms with E-state index in [-0.39, 0.29) is 6.10 Å². The first-order valence-electron chi connectivity index (χ1n) is 18.7. The van der Waals surface area contributed by atoms with E-state index in [1.54, 1.807) is 13.8 Å². The maximum Gasteiger partial charge on any atom is 0.469 e. The summed E-state index contributed by atoms with van der Waals surface area (Å²) in [7, 11) is -4.24. The van der Waals surface area contributed by atoms with Gasteiger partial charge in [-0.2, -0.15) is 0 Å². The molecule has 0 fully saturated rings. The van der Waals surface area contributed by atoms with Crippen molar-refractivity contribution in [2.45, 2.75) is 184 Å². The first-order valence-corrected chi connectivity index (χ1v) is 20.2. The quantitative estimate of drug-likeness (QED) is 0.0671. The first kappa shape index (κ1) is 47.4. The number of hydrogen-bond donors (Lipinski definition) is 4. The molecule has 5 unspecified atom stereocenters. The van der Waals surface area contributed by atoms with E-state index in [0.29, 0.717) is 6.42 Å². The van der Waals surface area contributed by atoms with Gasteiger partial charge in [0.1, 0.15) is 0 Å². The van der Waals surface area contributed by atoms with Crippen molar-refractivity contribution in [3.8, 4) is 0 Å². The predicted octanol–water partition coefficient (Wildman–Crippen LogP) is 10.9. The van der Waals surface area contributed by atoms with Gasteiger partial charge in [-0.25, -0.2) is 4.57 Å². The number of rotatable bonds is 27. The zero-order chi connectivity index (χ0) is 33.4. The molecule has 0 radical (unpaired) electrons. The Hall–Kier alpha value is 0.0300. The van der Waals surface area contributed by atoms with E-state index in [4.69, 9.17) is 9.79 Å². The minimum Gasteiger partial charge on any atom is -0.316 e. The lowest BCUT2D eigenvalue weighted by molar-refractivity contribution is 0.142. The van der Waals surface area contributed by atoms with Crippen molar-refractivity contribution < 1.29 is 18.9 Å². The molecule has 0 aromatic rings. The summed E-state index contributed by atoms with van der Waals surface area (Å²) in [6, 6.07) is 0. The molecule has 0 aromatic heterocycles. The van der Waals surface area contributed by atoms with E-state index in [1.165, 1.54) is 129 Å². The van der Waals surface area contributed by atoms with Crippen molar-refractivity contribution in [2.24, 2.45) is 23.7 Å². The van der Waals surface area contributed by atoms with Gasteiger partial charge in [-0.15, -0.1) is 0 Å². The summed E-state index contributed by atoms with van der Waals surface area (Å²) >= 11 is 0. The molecule has 0 aliphatic rings. The number of hydrogen-bond acceptors (Lipinski definition) is 4. The lowest BCUT2D eigenvalue weighted by Crippen LogP contribution is -2.28. The highest BCUT2D eigenvalue weighted by Crippen LogP contribution is 2.37. The van der Waals surface area contributed by atoms with Crippen LogP contribution in [0.15, 0.2) is 0 Å². The highest BCUT2D eigenvalue weighted by atomic mass is 31.2. The zero-order valence-corrected chi connectivity index (χ0v) is 31.8. The molecule has 43 heavy (non-hydrogen) atoms. The largest absolute Gasteiger partial charge is 0.469 e. The van der Waals surface area contributed by atoms with Crippen molar-refractivity contribution in [1.82, 2.24) is 10.6 Å². The highest BCUT2D eigenvalue weighted by molar-refractivity contribution is 7.46. The minimum absolute atomic E-state index is 0.370. The molecule has 7 heteroatoms. The maximum absolute atomic E-state index is 10.1. The number of nitrogens with one attached hydrogen (secondary N) is 2. The summed E-state index contributed by atoms with van der Waals surface area (Å²) in [6.07, 6.45) is 22.1. The SMILES string of the molecule is CCC(C)OP(=O)(O)O.CCCCC(CC)CNCC(CC)CCCC.CCCCC(CC)CNCC(CC)CCCC. The molecule has 6 nitrogen and oxygen atoms in total. The van der Waals surface area contributed by atoms with Crippen LogP contribution in [0, 0.1) is 23.7 Å². The molecular formula is C36H81N2O4P. The van der Waals surface area contributed by atoms with E-state index in [1.807, 2.05) is 0 Å². The predicted molar refractivity (Wildman–Crippen MR) is 192 cm³/mol. The lowest BCUT2D eigenvalue weighted by atomic mass is 9.97. The van der Waals surface area contributed by atoms with Gasteiger partial charge >= 0.3 is 7.82 Å². The molecule has 0 aromatic carbocycles. The first-order chi connectivity index (χ1) is 20.5. The molecule has 4 N–H and O–H groups in total. The lowest BCUT2D eigenvalue weighted by Gasteiger charge is -2.19. The normalized spacial score (nSPS) is 15.0. The summed E-state index contributed by atoms with van der Waals surface area (Å²) in [5.41, 5.74) is 0. The third kappa shape index (κ3) is 36.4. The Balaban J connectivity index is -0.000000586. The summed E-state index contributed by atoms with van der Waals surface area (Å²) in [5, 5.41) is 7.41. The monoisotopic (exact) mass is 637 g/mol. The van der Waals surface area contributed by atoms with Gasteiger partial charge in [0.2, 0.25) is 0 Å². The van der Waals surface area contributed by atoms with Gasteiger partial charge in [-0.3, -0.25) is 4.52 Å². The van der Waals surface area contributed by atoms with Gasteiger partial charge in [0.15, 0.2) is 0 Å². The standard InChI is InChI=1S/2C16H35N.C4H11O4P/c2*1-5-9-11-15(7-3)13-17-14-16(8-4)12-10-6-2;1-3-4(2)8-9(5,6)7/h2*15-17H,5-14H2,1-4H3;4H,3H2,1-2H3,(H2,5,6,7). The maximum atomic E-state index is 10.1. The van der Waals surface area contributed by atoms with Crippen molar-refractivity contribution >= 4 is 7.82 Å². The molecule has 0 saturated heterocycles.